The molecule has 0 saturated carbocycles. The molecule has 260 valence electrons. The highest BCUT2D eigenvalue weighted by Crippen LogP contribution is 2.50. The molecule has 56 heavy (non-hydrogen) atoms. The average Bonchev–Trinajstić information content (AvgIpc) is 3.91. The summed E-state index contributed by atoms with van der Waals surface area (Å²) in [5.74, 6) is 0.645. The van der Waals surface area contributed by atoms with Gasteiger partial charge >= 0.3 is 0 Å². The minimum atomic E-state index is 0.645. The molecule has 0 fully saturated rings. The summed E-state index contributed by atoms with van der Waals surface area (Å²) >= 11 is 0. The van der Waals surface area contributed by atoms with Crippen LogP contribution in [0.5, 0.6) is 0 Å². The van der Waals surface area contributed by atoms with Crippen molar-refractivity contribution in [2.24, 2.45) is 0 Å². The molecule has 0 spiro atoms. The van der Waals surface area contributed by atoms with E-state index in [0.29, 0.717) is 5.95 Å². The van der Waals surface area contributed by atoms with Crippen LogP contribution in [-0.2, 0) is 0 Å². The van der Waals surface area contributed by atoms with E-state index in [0.717, 1.165) is 99.7 Å². The summed E-state index contributed by atoms with van der Waals surface area (Å²) in [6.07, 6.45) is 0. The second-order valence-electron chi connectivity index (χ2n) is 14.6. The van der Waals surface area contributed by atoms with Crippen molar-refractivity contribution in [3.05, 3.63) is 176 Å². The Balaban J connectivity index is 1.13. The Hall–Kier alpha value is -7.70. The molecule has 1 aliphatic rings. The molecule has 12 aromatic rings. The zero-order chi connectivity index (χ0) is 36.5. The van der Waals surface area contributed by atoms with Crippen LogP contribution in [0.1, 0.15) is 0 Å². The number of anilines is 3. The lowest BCUT2D eigenvalue weighted by molar-refractivity contribution is 0.669. The van der Waals surface area contributed by atoms with E-state index in [9.17, 15) is 0 Å². The topological polar surface area (TPSA) is 52.0 Å². The van der Waals surface area contributed by atoms with Crippen LogP contribution in [0.4, 0.5) is 17.1 Å². The van der Waals surface area contributed by atoms with E-state index in [2.05, 4.69) is 178 Å². The lowest BCUT2D eigenvalue weighted by atomic mass is 9.96. The summed E-state index contributed by atoms with van der Waals surface area (Å²) < 4.78 is 10.9. The maximum absolute atomic E-state index is 6.26. The van der Waals surface area contributed by atoms with Crippen LogP contribution in [-0.4, -0.2) is 19.1 Å². The Kier molecular flexibility index (Phi) is 5.80. The summed E-state index contributed by atoms with van der Waals surface area (Å²) in [4.78, 5) is 13.2. The summed E-state index contributed by atoms with van der Waals surface area (Å²) in [5.41, 5.74) is 13.5. The second-order valence-corrected chi connectivity index (χ2v) is 14.6. The third-order valence-corrected chi connectivity index (χ3v) is 11.6. The van der Waals surface area contributed by atoms with Crippen LogP contribution in [0.3, 0.4) is 0 Å². The number of para-hydroxylation sites is 5. The highest BCUT2D eigenvalue weighted by Gasteiger charge is 2.29. The monoisotopic (exact) mass is 715 g/mol. The molecule has 6 heteroatoms. The van der Waals surface area contributed by atoms with Gasteiger partial charge in [-0.25, -0.2) is 9.97 Å². The number of benzene rings is 8. The summed E-state index contributed by atoms with van der Waals surface area (Å²) in [5, 5.41) is 7.97. The molecule has 0 radical (unpaired) electrons. The molecule has 1 aliphatic heterocycles. The number of aromatic nitrogens is 4. The van der Waals surface area contributed by atoms with Crippen LogP contribution >= 0.6 is 0 Å². The number of hydrogen-bond acceptors (Lipinski definition) is 4. The van der Waals surface area contributed by atoms with Gasteiger partial charge in [0, 0.05) is 49.3 Å². The molecule has 5 heterocycles. The molecule has 4 aromatic heterocycles. The Bertz CT molecular complexity index is 3610. The number of fused-ring (bicyclic) bond motifs is 12. The number of hydrogen-bond donors (Lipinski definition) is 0. The Labute approximate surface area is 319 Å². The van der Waals surface area contributed by atoms with Crippen molar-refractivity contribution < 1.29 is 4.42 Å². The van der Waals surface area contributed by atoms with E-state index in [-0.39, 0.29) is 0 Å². The molecular formula is C50H29N5O. The predicted molar refractivity (Wildman–Crippen MR) is 229 cm³/mol. The molecule has 0 atom stereocenters. The van der Waals surface area contributed by atoms with Gasteiger partial charge in [0.15, 0.2) is 0 Å². The summed E-state index contributed by atoms with van der Waals surface area (Å²) in [7, 11) is 0. The third kappa shape index (κ3) is 3.89. The van der Waals surface area contributed by atoms with Gasteiger partial charge in [-0.1, -0.05) is 103 Å². The van der Waals surface area contributed by atoms with Crippen molar-refractivity contribution in [3.8, 4) is 22.9 Å². The molecular weight excluding hydrogens is 687 g/mol. The number of nitrogens with zero attached hydrogens (tertiary/aromatic N) is 5. The normalized spacial score (nSPS) is 12.6. The average molecular weight is 716 g/mol. The maximum Gasteiger partial charge on any atom is 0.235 e. The zero-order valence-corrected chi connectivity index (χ0v) is 29.9. The number of furan rings is 1. The fourth-order valence-corrected chi connectivity index (χ4v) is 9.33. The van der Waals surface area contributed by atoms with Gasteiger partial charge in [-0.05, 0) is 72.8 Å². The molecule has 0 aliphatic carbocycles. The van der Waals surface area contributed by atoms with Crippen LogP contribution in [0.2, 0.25) is 0 Å². The maximum atomic E-state index is 6.26. The van der Waals surface area contributed by atoms with Gasteiger partial charge < -0.3 is 13.9 Å². The van der Waals surface area contributed by atoms with Gasteiger partial charge in [0.1, 0.15) is 11.2 Å². The second kappa shape index (κ2) is 10.9. The fraction of sp³-hybridized carbons (Fsp3) is 0. The van der Waals surface area contributed by atoms with E-state index in [1.165, 1.54) is 10.8 Å². The first-order valence-electron chi connectivity index (χ1n) is 18.9. The highest BCUT2D eigenvalue weighted by atomic mass is 16.3. The van der Waals surface area contributed by atoms with Crippen molar-refractivity contribution in [1.82, 2.24) is 19.1 Å². The van der Waals surface area contributed by atoms with Crippen molar-refractivity contribution in [2.45, 2.75) is 0 Å². The Morgan fingerprint density at radius 3 is 2.02 bits per heavy atom. The van der Waals surface area contributed by atoms with Crippen molar-refractivity contribution in [1.29, 1.82) is 0 Å². The molecule has 13 rings (SSSR count). The van der Waals surface area contributed by atoms with Crippen molar-refractivity contribution >= 4 is 93.5 Å². The zero-order valence-electron chi connectivity index (χ0n) is 29.9. The van der Waals surface area contributed by atoms with Gasteiger partial charge in [0.25, 0.3) is 0 Å². The van der Waals surface area contributed by atoms with Gasteiger partial charge in [-0.2, -0.15) is 0 Å². The fourth-order valence-electron chi connectivity index (χ4n) is 9.33. The summed E-state index contributed by atoms with van der Waals surface area (Å²) in [6.45, 7) is 0. The van der Waals surface area contributed by atoms with E-state index in [1.807, 2.05) is 12.1 Å². The largest absolute Gasteiger partial charge is 0.456 e. The molecule has 0 amide bonds. The smallest absolute Gasteiger partial charge is 0.235 e. The van der Waals surface area contributed by atoms with E-state index in [4.69, 9.17) is 14.4 Å². The molecule has 0 bridgehead atoms. The lowest BCUT2D eigenvalue weighted by Gasteiger charge is -2.32. The molecule has 0 unspecified atom stereocenters. The van der Waals surface area contributed by atoms with Crippen LogP contribution in [0, 0.1) is 0 Å². The highest BCUT2D eigenvalue weighted by molar-refractivity contribution is 6.26. The molecule has 8 aromatic carbocycles. The van der Waals surface area contributed by atoms with Crippen LogP contribution in [0.15, 0.2) is 180 Å². The van der Waals surface area contributed by atoms with Crippen molar-refractivity contribution in [3.63, 3.8) is 0 Å². The molecule has 6 nitrogen and oxygen atoms in total. The SMILES string of the molecule is c1ccc(N2c3ccccc3-c3nc(-n4c5ccccc5c5c4ccc4c6ccccc6n(-c6ccc7oc8ccccc8c7c6)c45)nc4cccc2c34)cc1. The minimum absolute atomic E-state index is 0.645. The van der Waals surface area contributed by atoms with E-state index in [1.54, 1.807) is 0 Å². The first-order valence-corrected chi connectivity index (χ1v) is 18.9. The standard InChI is InChI=1S/C50H29N5O/c1-2-13-30(14-3-1)53-41-22-10-6-18-36(41)48-47-38(19-12-23-42(47)53)51-50(52-48)55-40-21-9-5-17-35(40)46-43(55)27-26-34-32-15-4-8-20-39(32)54(49(34)46)31-25-28-45-37(29-31)33-16-7-11-24-44(33)56-45/h1-29H. The van der Waals surface area contributed by atoms with Crippen LogP contribution < -0.4 is 4.90 Å². The third-order valence-electron chi connectivity index (χ3n) is 11.6. The van der Waals surface area contributed by atoms with Gasteiger partial charge in [0.2, 0.25) is 5.95 Å². The first-order chi connectivity index (χ1) is 27.8. The Morgan fingerprint density at radius 2 is 1.12 bits per heavy atom. The lowest BCUT2D eigenvalue weighted by Crippen LogP contribution is -2.16. The van der Waals surface area contributed by atoms with E-state index >= 15 is 0 Å². The van der Waals surface area contributed by atoms with Gasteiger partial charge in [-0.3, -0.25) is 4.57 Å². The van der Waals surface area contributed by atoms with Gasteiger partial charge in [0.05, 0.1) is 50.0 Å². The quantitative estimate of drug-likeness (QED) is 0.183. The first kappa shape index (κ1) is 29.7. The predicted octanol–water partition coefficient (Wildman–Crippen LogP) is 13.2. The summed E-state index contributed by atoms with van der Waals surface area (Å²) in [6, 6.07) is 62.3. The van der Waals surface area contributed by atoms with Gasteiger partial charge in [-0.15, -0.1) is 0 Å². The minimum Gasteiger partial charge on any atom is -0.456 e. The van der Waals surface area contributed by atoms with Crippen LogP contribution in [0.25, 0.3) is 99.3 Å². The van der Waals surface area contributed by atoms with Crippen molar-refractivity contribution in [2.75, 3.05) is 4.90 Å². The number of rotatable bonds is 3. The Morgan fingerprint density at radius 1 is 0.411 bits per heavy atom. The van der Waals surface area contributed by atoms with E-state index < -0.39 is 0 Å². The molecule has 0 saturated heterocycles. The molecule has 0 N–H and O–H groups in total.